The van der Waals surface area contributed by atoms with Crippen molar-refractivity contribution in [3.05, 3.63) is 23.3 Å². The summed E-state index contributed by atoms with van der Waals surface area (Å²) in [5, 5.41) is 0. The predicted molar refractivity (Wildman–Crippen MR) is 121 cm³/mol. The van der Waals surface area contributed by atoms with Gasteiger partial charge in [-0.05, 0) is 30.4 Å². The molecular formula is C24H42N2O2. The molecule has 28 heavy (non-hydrogen) atoms. The van der Waals surface area contributed by atoms with Crippen LogP contribution < -0.4 is 11.5 Å². The normalized spacial score (nSPS) is 11.6. The Morgan fingerprint density at radius 3 is 1.79 bits per heavy atom. The first-order valence-electron chi connectivity index (χ1n) is 11.2. The van der Waals surface area contributed by atoms with Gasteiger partial charge in [0.2, 0.25) is 0 Å². The number of ether oxygens (including phenoxy) is 1. The highest BCUT2D eigenvalue weighted by molar-refractivity contribution is 5.92. The summed E-state index contributed by atoms with van der Waals surface area (Å²) in [5.74, 6) is -0.338. The van der Waals surface area contributed by atoms with E-state index in [1.54, 1.807) is 12.1 Å². The molecule has 0 heterocycles. The van der Waals surface area contributed by atoms with Gasteiger partial charge in [0.05, 0.1) is 12.2 Å². The van der Waals surface area contributed by atoms with Crippen LogP contribution in [0.4, 0.5) is 11.4 Å². The van der Waals surface area contributed by atoms with Crippen LogP contribution in [0.5, 0.6) is 0 Å². The Morgan fingerprint density at radius 2 is 1.32 bits per heavy atom. The minimum absolute atomic E-state index is 0.118. The minimum atomic E-state index is -0.338. The Bertz CT molecular complexity index is 573. The quantitative estimate of drug-likeness (QED) is 0.213. The second-order valence-corrected chi connectivity index (χ2v) is 8.59. The number of esters is 1. The fraction of sp³-hybridized carbons (Fsp3) is 0.708. The summed E-state index contributed by atoms with van der Waals surface area (Å²) in [6.07, 6.45) is 13.5. The van der Waals surface area contributed by atoms with E-state index in [9.17, 15) is 4.79 Å². The molecule has 0 radical (unpaired) electrons. The molecule has 4 nitrogen and oxygen atoms in total. The average Bonchev–Trinajstić information content (AvgIpc) is 2.65. The number of rotatable bonds is 14. The molecule has 0 aliphatic rings. The summed E-state index contributed by atoms with van der Waals surface area (Å²) in [6, 6.07) is 3.40. The molecule has 0 saturated heterocycles. The molecule has 0 amide bonds. The molecule has 0 saturated carbocycles. The van der Waals surface area contributed by atoms with Crippen molar-refractivity contribution in [2.45, 2.75) is 104 Å². The Hall–Kier alpha value is -1.71. The number of hydrogen-bond acceptors (Lipinski definition) is 4. The lowest BCUT2D eigenvalue weighted by molar-refractivity contribution is 0.0497. The molecule has 0 atom stereocenters. The Kier molecular flexibility index (Phi) is 11.0. The monoisotopic (exact) mass is 390 g/mol. The van der Waals surface area contributed by atoms with Gasteiger partial charge in [0.25, 0.3) is 0 Å². The largest absolute Gasteiger partial charge is 0.462 e. The zero-order valence-corrected chi connectivity index (χ0v) is 18.6. The van der Waals surface area contributed by atoms with Crippen molar-refractivity contribution in [2.75, 3.05) is 18.1 Å². The number of nitrogens with two attached hydrogens (primary N) is 2. The smallest absolute Gasteiger partial charge is 0.338 e. The minimum Gasteiger partial charge on any atom is -0.462 e. The third-order valence-electron chi connectivity index (χ3n) is 5.73. The molecule has 1 aromatic carbocycles. The molecule has 0 bridgehead atoms. The lowest BCUT2D eigenvalue weighted by Crippen LogP contribution is -2.21. The number of carbonyl (C=O) groups is 1. The maximum atomic E-state index is 12.3. The summed E-state index contributed by atoms with van der Waals surface area (Å²) in [6.45, 7) is 9.03. The predicted octanol–water partition coefficient (Wildman–Crippen LogP) is 6.62. The number of hydrogen-bond donors (Lipinski definition) is 2. The van der Waals surface area contributed by atoms with Crippen LogP contribution in [0.3, 0.4) is 0 Å². The van der Waals surface area contributed by atoms with Gasteiger partial charge in [0, 0.05) is 16.9 Å². The first kappa shape index (κ1) is 24.3. The van der Waals surface area contributed by atoms with E-state index < -0.39 is 0 Å². The Labute approximate surface area is 172 Å². The molecular weight excluding hydrogens is 348 g/mol. The molecule has 0 unspecified atom stereocenters. The molecule has 0 aliphatic heterocycles. The van der Waals surface area contributed by atoms with Crippen molar-refractivity contribution in [3.63, 3.8) is 0 Å². The highest BCUT2D eigenvalue weighted by Crippen LogP contribution is 2.36. The number of anilines is 2. The first-order valence-corrected chi connectivity index (χ1v) is 11.2. The molecule has 1 aromatic rings. The second-order valence-electron chi connectivity index (χ2n) is 8.59. The second kappa shape index (κ2) is 12.7. The van der Waals surface area contributed by atoms with Crippen LogP contribution in [0, 0.1) is 0 Å². The highest BCUT2D eigenvalue weighted by atomic mass is 16.5. The fourth-order valence-electron chi connectivity index (χ4n) is 3.60. The number of carbonyl (C=O) groups excluding carboxylic acids is 1. The topological polar surface area (TPSA) is 78.3 Å². The van der Waals surface area contributed by atoms with Gasteiger partial charge in [-0.1, -0.05) is 85.5 Å². The standard InChI is InChI=1S/C24H42N2O2/c1-5-7-8-9-10-11-12-13-14-15-16-28-23(27)19-17-20(25)22(21(26)18-19)24(3,4)6-2/h17-18H,5-16,25-26H2,1-4H3. The third kappa shape index (κ3) is 8.12. The van der Waals surface area contributed by atoms with E-state index in [1.807, 2.05) is 0 Å². The van der Waals surface area contributed by atoms with Gasteiger partial charge in [-0.3, -0.25) is 0 Å². The summed E-state index contributed by atoms with van der Waals surface area (Å²) in [5.41, 5.74) is 14.8. The Morgan fingerprint density at radius 1 is 0.857 bits per heavy atom. The van der Waals surface area contributed by atoms with Crippen molar-refractivity contribution in [1.82, 2.24) is 0 Å². The summed E-state index contributed by atoms with van der Waals surface area (Å²) in [7, 11) is 0. The average molecular weight is 391 g/mol. The SMILES string of the molecule is CCCCCCCCCCCCOC(=O)c1cc(N)c(C(C)(C)CC)c(N)c1. The number of nitrogen functional groups attached to an aromatic ring is 2. The molecule has 0 aliphatic carbocycles. The van der Waals surface area contributed by atoms with E-state index in [0.717, 1.165) is 24.8 Å². The molecule has 0 spiro atoms. The molecule has 160 valence electrons. The molecule has 0 fully saturated rings. The van der Waals surface area contributed by atoms with E-state index in [2.05, 4.69) is 27.7 Å². The van der Waals surface area contributed by atoms with Crippen molar-refractivity contribution in [2.24, 2.45) is 0 Å². The van der Waals surface area contributed by atoms with Gasteiger partial charge < -0.3 is 16.2 Å². The van der Waals surface area contributed by atoms with E-state index in [1.165, 1.54) is 51.4 Å². The first-order chi connectivity index (χ1) is 13.3. The van der Waals surface area contributed by atoms with Crippen LogP contribution >= 0.6 is 0 Å². The fourth-order valence-corrected chi connectivity index (χ4v) is 3.60. The summed E-state index contributed by atoms with van der Waals surface area (Å²) in [4.78, 5) is 12.3. The van der Waals surface area contributed by atoms with Crippen LogP contribution in [0.15, 0.2) is 12.1 Å². The summed E-state index contributed by atoms with van der Waals surface area (Å²) >= 11 is 0. The van der Waals surface area contributed by atoms with Crippen molar-refractivity contribution >= 4 is 17.3 Å². The Balaban J connectivity index is 2.31. The van der Waals surface area contributed by atoms with Crippen LogP contribution in [0.25, 0.3) is 0 Å². The number of unbranched alkanes of at least 4 members (excludes halogenated alkanes) is 9. The van der Waals surface area contributed by atoms with E-state index in [0.29, 0.717) is 23.5 Å². The van der Waals surface area contributed by atoms with Gasteiger partial charge in [-0.2, -0.15) is 0 Å². The molecule has 4 heteroatoms. The van der Waals surface area contributed by atoms with Crippen LogP contribution in [-0.2, 0) is 10.2 Å². The van der Waals surface area contributed by atoms with Gasteiger partial charge in [0.15, 0.2) is 0 Å². The van der Waals surface area contributed by atoms with Crippen molar-refractivity contribution in [3.8, 4) is 0 Å². The van der Waals surface area contributed by atoms with Gasteiger partial charge in [0.1, 0.15) is 0 Å². The van der Waals surface area contributed by atoms with Crippen molar-refractivity contribution in [1.29, 1.82) is 0 Å². The lowest BCUT2D eigenvalue weighted by Gasteiger charge is -2.27. The molecule has 4 N–H and O–H groups in total. The van der Waals surface area contributed by atoms with E-state index >= 15 is 0 Å². The zero-order valence-electron chi connectivity index (χ0n) is 18.6. The molecule has 1 rings (SSSR count). The lowest BCUT2D eigenvalue weighted by atomic mass is 9.80. The number of benzene rings is 1. The maximum Gasteiger partial charge on any atom is 0.338 e. The molecule has 0 aromatic heterocycles. The van der Waals surface area contributed by atoms with Crippen molar-refractivity contribution < 1.29 is 9.53 Å². The van der Waals surface area contributed by atoms with Crippen LogP contribution in [-0.4, -0.2) is 12.6 Å². The van der Waals surface area contributed by atoms with E-state index in [-0.39, 0.29) is 11.4 Å². The van der Waals surface area contributed by atoms with Gasteiger partial charge in [-0.25, -0.2) is 4.79 Å². The third-order valence-corrected chi connectivity index (χ3v) is 5.73. The van der Waals surface area contributed by atoms with Crippen LogP contribution in [0.2, 0.25) is 0 Å². The van der Waals surface area contributed by atoms with Gasteiger partial charge >= 0.3 is 5.97 Å². The van der Waals surface area contributed by atoms with Gasteiger partial charge in [-0.15, -0.1) is 0 Å². The highest BCUT2D eigenvalue weighted by Gasteiger charge is 2.25. The summed E-state index contributed by atoms with van der Waals surface area (Å²) < 4.78 is 5.41. The zero-order chi connectivity index (χ0) is 21.0. The van der Waals surface area contributed by atoms with Crippen LogP contribution in [0.1, 0.15) is 114 Å². The van der Waals surface area contributed by atoms with E-state index in [4.69, 9.17) is 16.2 Å². The maximum absolute atomic E-state index is 12.3.